The smallest absolute Gasteiger partial charge is 0.162 e. The SMILES string of the molecule is CC(=O)c1cnc(Cl)cc1Cl. The number of Topliss-reactive ketones (excluding diaryl/α,β-unsaturated/α-hetero) is 1. The van der Waals surface area contributed by atoms with Crippen molar-refractivity contribution in [3.05, 3.63) is 28.0 Å². The summed E-state index contributed by atoms with van der Waals surface area (Å²) < 4.78 is 0. The van der Waals surface area contributed by atoms with Crippen molar-refractivity contribution in [2.75, 3.05) is 0 Å². The predicted octanol–water partition coefficient (Wildman–Crippen LogP) is 2.59. The molecule has 0 atom stereocenters. The van der Waals surface area contributed by atoms with Crippen LogP contribution in [0.1, 0.15) is 17.3 Å². The Bertz CT molecular complexity index is 298. The van der Waals surface area contributed by atoms with Gasteiger partial charge in [0.25, 0.3) is 0 Å². The summed E-state index contributed by atoms with van der Waals surface area (Å²) in [6, 6.07) is 1.44. The first-order chi connectivity index (χ1) is 5.11. The summed E-state index contributed by atoms with van der Waals surface area (Å²) in [5.74, 6) is -0.112. The number of hydrogen-bond donors (Lipinski definition) is 0. The molecule has 0 radical (unpaired) electrons. The average molecular weight is 190 g/mol. The van der Waals surface area contributed by atoms with Crippen LogP contribution in [-0.4, -0.2) is 10.8 Å². The van der Waals surface area contributed by atoms with E-state index in [1.165, 1.54) is 19.2 Å². The van der Waals surface area contributed by atoms with Crippen molar-refractivity contribution >= 4 is 29.0 Å². The monoisotopic (exact) mass is 189 g/mol. The van der Waals surface area contributed by atoms with Crippen molar-refractivity contribution in [2.24, 2.45) is 0 Å². The van der Waals surface area contributed by atoms with Crippen LogP contribution in [0.4, 0.5) is 0 Å². The average Bonchev–Trinajstić information content (AvgIpc) is 1.85. The Balaban J connectivity index is 3.20. The molecule has 0 aromatic carbocycles. The van der Waals surface area contributed by atoms with E-state index >= 15 is 0 Å². The summed E-state index contributed by atoms with van der Waals surface area (Å²) in [5, 5.41) is 0.637. The molecule has 1 rings (SSSR count). The third-order valence-corrected chi connectivity index (χ3v) is 1.72. The molecule has 11 heavy (non-hydrogen) atoms. The Morgan fingerprint density at radius 3 is 2.64 bits per heavy atom. The third-order valence-electron chi connectivity index (χ3n) is 1.20. The van der Waals surface area contributed by atoms with Gasteiger partial charge in [-0.2, -0.15) is 0 Å². The van der Waals surface area contributed by atoms with Gasteiger partial charge in [0.05, 0.1) is 10.6 Å². The second-order valence-electron chi connectivity index (χ2n) is 2.04. The van der Waals surface area contributed by atoms with Gasteiger partial charge in [-0.25, -0.2) is 4.98 Å². The van der Waals surface area contributed by atoms with Crippen molar-refractivity contribution in [2.45, 2.75) is 6.92 Å². The van der Waals surface area contributed by atoms with E-state index in [9.17, 15) is 4.79 Å². The molecule has 0 saturated carbocycles. The maximum absolute atomic E-state index is 10.8. The number of carbonyl (C=O) groups excluding carboxylic acids is 1. The number of hydrogen-bond acceptors (Lipinski definition) is 2. The standard InChI is InChI=1S/C7H5Cl2NO/c1-4(11)5-3-10-7(9)2-6(5)8/h2-3H,1H3. The van der Waals surface area contributed by atoms with Crippen LogP contribution in [0.2, 0.25) is 10.2 Å². The quantitative estimate of drug-likeness (QED) is 0.503. The Labute approximate surface area is 74.1 Å². The molecule has 0 saturated heterocycles. The van der Waals surface area contributed by atoms with Crippen molar-refractivity contribution in [1.82, 2.24) is 4.98 Å². The Kier molecular flexibility index (Phi) is 2.47. The van der Waals surface area contributed by atoms with Crippen LogP contribution in [0.15, 0.2) is 12.3 Å². The highest BCUT2D eigenvalue weighted by Crippen LogP contribution is 2.18. The highest BCUT2D eigenvalue weighted by molar-refractivity contribution is 6.36. The van der Waals surface area contributed by atoms with E-state index in [1.54, 1.807) is 0 Å². The van der Waals surface area contributed by atoms with Crippen molar-refractivity contribution in [3.63, 3.8) is 0 Å². The topological polar surface area (TPSA) is 30.0 Å². The van der Waals surface area contributed by atoms with E-state index in [-0.39, 0.29) is 5.78 Å². The van der Waals surface area contributed by atoms with Crippen LogP contribution in [0, 0.1) is 0 Å². The minimum absolute atomic E-state index is 0.112. The molecule has 0 N–H and O–H groups in total. The van der Waals surface area contributed by atoms with Gasteiger partial charge in [-0.15, -0.1) is 0 Å². The second kappa shape index (κ2) is 3.20. The van der Waals surface area contributed by atoms with Crippen LogP contribution in [-0.2, 0) is 0 Å². The lowest BCUT2D eigenvalue weighted by atomic mass is 10.2. The molecule has 4 heteroatoms. The Hall–Kier alpha value is -0.600. The molecule has 0 aliphatic carbocycles. The fourth-order valence-corrected chi connectivity index (χ4v) is 1.17. The fourth-order valence-electron chi connectivity index (χ4n) is 0.667. The van der Waals surface area contributed by atoms with Gasteiger partial charge in [0.15, 0.2) is 5.78 Å². The third kappa shape index (κ3) is 1.91. The molecule has 0 aliphatic heterocycles. The van der Waals surface area contributed by atoms with Gasteiger partial charge in [-0.1, -0.05) is 23.2 Å². The summed E-state index contributed by atoms with van der Waals surface area (Å²) >= 11 is 11.2. The number of carbonyl (C=O) groups is 1. The normalized spacial score (nSPS) is 9.73. The largest absolute Gasteiger partial charge is 0.294 e. The Morgan fingerprint density at radius 1 is 1.55 bits per heavy atom. The van der Waals surface area contributed by atoms with Gasteiger partial charge in [0.2, 0.25) is 0 Å². The van der Waals surface area contributed by atoms with E-state index in [0.29, 0.717) is 15.7 Å². The first kappa shape index (κ1) is 8.50. The zero-order valence-electron chi connectivity index (χ0n) is 5.77. The number of aromatic nitrogens is 1. The van der Waals surface area contributed by atoms with E-state index < -0.39 is 0 Å². The molecule has 0 aliphatic rings. The summed E-state index contributed by atoms with van der Waals surface area (Å²) in [4.78, 5) is 14.5. The summed E-state index contributed by atoms with van der Waals surface area (Å²) in [5.41, 5.74) is 0.399. The highest BCUT2D eigenvalue weighted by atomic mass is 35.5. The molecule has 58 valence electrons. The maximum Gasteiger partial charge on any atom is 0.162 e. The molecule has 1 aromatic rings. The molecule has 0 unspecified atom stereocenters. The van der Waals surface area contributed by atoms with E-state index in [0.717, 1.165) is 0 Å². The van der Waals surface area contributed by atoms with Crippen molar-refractivity contribution in [3.8, 4) is 0 Å². The van der Waals surface area contributed by atoms with Gasteiger partial charge in [0, 0.05) is 6.20 Å². The molecule has 1 heterocycles. The van der Waals surface area contributed by atoms with E-state index in [4.69, 9.17) is 23.2 Å². The molecule has 2 nitrogen and oxygen atoms in total. The second-order valence-corrected chi connectivity index (χ2v) is 2.84. The molecule has 0 bridgehead atoms. The van der Waals surface area contributed by atoms with Crippen LogP contribution in [0.25, 0.3) is 0 Å². The minimum Gasteiger partial charge on any atom is -0.294 e. The summed E-state index contributed by atoms with van der Waals surface area (Å²) in [6.07, 6.45) is 1.37. The lowest BCUT2D eigenvalue weighted by Crippen LogP contribution is -1.94. The number of pyridine rings is 1. The summed E-state index contributed by atoms with van der Waals surface area (Å²) in [7, 11) is 0. The first-order valence-corrected chi connectivity index (χ1v) is 3.69. The molecule has 0 spiro atoms. The van der Waals surface area contributed by atoms with Crippen LogP contribution in [0.3, 0.4) is 0 Å². The minimum atomic E-state index is -0.112. The predicted molar refractivity (Wildman–Crippen MR) is 44.3 cm³/mol. The number of nitrogens with zero attached hydrogens (tertiary/aromatic N) is 1. The lowest BCUT2D eigenvalue weighted by molar-refractivity contribution is 0.101. The fraction of sp³-hybridized carbons (Fsp3) is 0.143. The van der Waals surface area contributed by atoms with Gasteiger partial charge < -0.3 is 0 Å². The van der Waals surface area contributed by atoms with E-state index in [1.807, 2.05) is 0 Å². The molecule has 0 amide bonds. The highest BCUT2D eigenvalue weighted by Gasteiger charge is 2.05. The molecular formula is C7H5Cl2NO. The number of ketones is 1. The lowest BCUT2D eigenvalue weighted by Gasteiger charge is -1.97. The zero-order chi connectivity index (χ0) is 8.43. The van der Waals surface area contributed by atoms with Crippen molar-refractivity contribution < 1.29 is 4.79 Å². The van der Waals surface area contributed by atoms with Crippen molar-refractivity contribution in [1.29, 1.82) is 0 Å². The molecule has 1 aromatic heterocycles. The van der Waals surface area contributed by atoms with E-state index in [2.05, 4.69) is 4.98 Å². The van der Waals surface area contributed by atoms with Gasteiger partial charge >= 0.3 is 0 Å². The van der Waals surface area contributed by atoms with Crippen LogP contribution >= 0.6 is 23.2 Å². The van der Waals surface area contributed by atoms with Crippen LogP contribution < -0.4 is 0 Å². The molecular weight excluding hydrogens is 185 g/mol. The summed E-state index contributed by atoms with van der Waals surface area (Å²) in [6.45, 7) is 1.43. The first-order valence-electron chi connectivity index (χ1n) is 2.93. The Morgan fingerprint density at radius 2 is 2.18 bits per heavy atom. The van der Waals surface area contributed by atoms with Gasteiger partial charge in [-0.05, 0) is 13.0 Å². The maximum atomic E-state index is 10.8. The number of rotatable bonds is 1. The van der Waals surface area contributed by atoms with Gasteiger partial charge in [0.1, 0.15) is 5.15 Å². The zero-order valence-corrected chi connectivity index (χ0v) is 7.28. The van der Waals surface area contributed by atoms with Gasteiger partial charge in [-0.3, -0.25) is 4.79 Å². The molecule has 0 fully saturated rings. The van der Waals surface area contributed by atoms with Crippen LogP contribution in [0.5, 0.6) is 0 Å². The number of halogens is 2.